The van der Waals surface area contributed by atoms with Gasteiger partial charge in [0.25, 0.3) is 0 Å². The summed E-state index contributed by atoms with van der Waals surface area (Å²) < 4.78 is 0. The molecule has 2 saturated carbocycles. The summed E-state index contributed by atoms with van der Waals surface area (Å²) in [5.74, 6) is 1.86. The molecule has 0 aromatic heterocycles. The maximum atomic E-state index is 4.04. The van der Waals surface area contributed by atoms with Crippen LogP contribution >= 0.6 is 0 Å². The van der Waals surface area contributed by atoms with Gasteiger partial charge in [-0.15, -0.1) is 0 Å². The number of rotatable bonds is 4. The molecule has 3 fully saturated rings. The van der Waals surface area contributed by atoms with Gasteiger partial charge in [-0.1, -0.05) is 25.7 Å². The molecule has 4 atom stereocenters. The van der Waals surface area contributed by atoms with Gasteiger partial charge >= 0.3 is 0 Å². The Bertz CT molecular complexity index is 266. The van der Waals surface area contributed by atoms with E-state index >= 15 is 0 Å². The van der Waals surface area contributed by atoms with Crippen molar-refractivity contribution >= 4 is 0 Å². The number of hydrogen-bond acceptors (Lipinski definition) is 2. The lowest BCUT2D eigenvalue weighted by molar-refractivity contribution is 0.232. The molecule has 0 bridgehead atoms. The minimum absolute atomic E-state index is 0.743. The molecule has 3 unspecified atom stereocenters. The van der Waals surface area contributed by atoms with Crippen LogP contribution in [0.15, 0.2) is 0 Å². The summed E-state index contributed by atoms with van der Waals surface area (Å²) in [4.78, 5) is 0. The van der Waals surface area contributed by atoms with Crippen LogP contribution in [0.1, 0.15) is 71.1 Å². The number of nitrogens with one attached hydrogen (secondary N) is 2. The van der Waals surface area contributed by atoms with Crippen molar-refractivity contribution in [3.8, 4) is 0 Å². The maximum Gasteiger partial charge on any atom is 0.0113 e. The molecule has 2 N–H and O–H groups in total. The molecule has 0 aromatic carbocycles. The number of hydrogen-bond donors (Lipinski definition) is 2. The van der Waals surface area contributed by atoms with Gasteiger partial charge in [-0.2, -0.15) is 0 Å². The molecule has 2 nitrogen and oxygen atoms in total. The van der Waals surface area contributed by atoms with Crippen molar-refractivity contribution in [2.75, 3.05) is 6.54 Å². The van der Waals surface area contributed by atoms with E-state index in [2.05, 4.69) is 17.6 Å². The zero-order chi connectivity index (χ0) is 13.1. The van der Waals surface area contributed by atoms with Crippen molar-refractivity contribution in [2.45, 2.75) is 89.3 Å². The molecule has 110 valence electrons. The molecule has 3 rings (SSSR count). The summed E-state index contributed by atoms with van der Waals surface area (Å²) in [6.07, 6.45) is 14.5. The molecule has 1 saturated heterocycles. The molecule has 0 aromatic rings. The van der Waals surface area contributed by atoms with E-state index in [9.17, 15) is 0 Å². The summed E-state index contributed by atoms with van der Waals surface area (Å²) in [7, 11) is 0. The second kappa shape index (κ2) is 6.58. The Morgan fingerprint density at radius 3 is 2.47 bits per heavy atom. The molecule has 0 radical (unpaired) electrons. The Balaban J connectivity index is 1.52. The van der Waals surface area contributed by atoms with E-state index in [0.717, 1.165) is 30.0 Å². The van der Waals surface area contributed by atoms with E-state index < -0.39 is 0 Å². The highest BCUT2D eigenvalue weighted by molar-refractivity contribution is 4.94. The van der Waals surface area contributed by atoms with E-state index in [4.69, 9.17) is 0 Å². The fourth-order valence-corrected chi connectivity index (χ4v) is 4.86. The Kier molecular flexibility index (Phi) is 4.81. The molecular formula is C17H32N2. The van der Waals surface area contributed by atoms with Gasteiger partial charge in [0.1, 0.15) is 0 Å². The average molecular weight is 264 g/mol. The third kappa shape index (κ3) is 3.33. The fourth-order valence-electron chi connectivity index (χ4n) is 4.86. The van der Waals surface area contributed by atoms with Crippen LogP contribution in [-0.4, -0.2) is 24.7 Å². The summed E-state index contributed by atoms with van der Waals surface area (Å²) in [5.41, 5.74) is 0. The van der Waals surface area contributed by atoms with Crippen molar-refractivity contribution < 1.29 is 0 Å². The third-order valence-corrected chi connectivity index (χ3v) is 6.02. The van der Waals surface area contributed by atoms with Crippen molar-refractivity contribution in [3.63, 3.8) is 0 Å². The molecule has 1 aliphatic heterocycles. The quantitative estimate of drug-likeness (QED) is 0.812. The first-order valence-corrected chi connectivity index (χ1v) is 8.84. The second-order valence-corrected chi connectivity index (χ2v) is 7.26. The first-order valence-electron chi connectivity index (χ1n) is 8.84. The van der Waals surface area contributed by atoms with Crippen LogP contribution in [0.25, 0.3) is 0 Å². The first-order chi connectivity index (χ1) is 9.34. The largest absolute Gasteiger partial charge is 0.314 e. The normalized spacial score (nSPS) is 38.7. The van der Waals surface area contributed by atoms with E-state index in [1.807, 2.05) is 0 Å². The molecule has 3 aliphatic rings. The van der Waals surface area contributed by atoms with Gasteiger partial charge in [0.05, 0.1) is 0 Å². The highest BCUT2D eigenvalue weighted by atomic mass is 15.0. The predicted molar refractivity (Wildman–Crippen MR) is 81.3 cm³/mol. The van der Waals surface area contributed by atoms with Gasteiger partial charge in [-0.3, -0.25) is 0 Å². The van der Waals surface area contributed by atoms with E-state index in [0.29, 0.717) is 0 Å². The smallest absolute Gasteiger partial charge is 0.0113 e. The Morgan fingerprint density at radius 2 is 1.74 bits per heavy atom. The molecule has 0 spiro atoms. The van der Waals surface area contributed by atoms with Crippen LogP contribution < -0.4 is 10.6 Å². The van der Waals surface area contributed by atoms with Gasteiger partial charge in [-0.25, -0.2) is 0 Å². The predicted octanol–water partition coefficient (Wildman–Crippen LogP) is 3.47. The minimum atomic E-state index is 0.743. The van der Waals surface area contributed by atoms with E-state index in [1.54, 1.807) is 0 Å². The Hall–Kier alpha value is -0.0800. The van der Waals surface area contributed by atoms with Crippen LogP contribution in [0.3, 0.4) is 0 Å². The fraction of sp³-hybridized carbons (Fsp3) is 1.00. The zero-order valence-electron chi connectivity index (χ0n) is 12.7. The van der Waals surface area contributed by atoms with Crippen LogP contribution in [0.2, 0.25) is 0 Å². The van der Waals surface area contributed by atoms with Crippen LogP contribution in [0.4, 0.5) is 0 Å². The standard InChI is InChI=1S/C17H32N2/c1-13(14-7-3-2-4-8-14)19-17-10-5-9-15(17)16-11-6-12-18-16/h13-19H,2-12H2,1H3/t13-,15?,16?,17?/m1/s1. The minimum Gasteiger partial charge on any atom is -0.314 e. The van der Waals surface area contributed by atoms with Crippen molar-refractivity contribution in [1.82, 2.24) is 10.6 Å². The topological polar surface area (TPSA) is 24.1 Å². The van der Waals surface area contributed by atoms with Crippen LogP contribution in [0.5, 0.6) is 0 Å². The second-order valence-electron chi connectivity index (χ2n) is 7.26. The van der Waals surface area contributed by atoms with Gasteiger partial charge in [0.2, 0.25) is 0 Å². The summed E-state index contributed by atoms with van der Waals surface area (Å²) in [6.45, 7) is 3.71. The molecule has 2 heteroatoms. The van der Waals surface area contributed by atoms with Gasteiger partial charge in [0, 0.05) is 18.1 Å². The van der Waals surface area contributed by atoms with Crippen molar-refractivity contribution in [1.29, 1.82) is 0 Å². The van der Waals surface area contributed by atoms with Crippen LogP contribution in [-0.2, 0) is 0 Å². The van der Waals surface area contributed by atoms with Gasteiger partial charge in [-0.05, 0) is 63.8 Å². The summed E-state index contributed by atoms with van der Waals surface area (Å²) in [6, 6.07) is 2.36. The average Bonchev–Trinajstić information content (AvgIpc) is 3.10. The highest BCUT2D eigenvalue weighted by Crippen LogP contribution is 2.34. The molecule has 2 aliphatic carbocycles. The molecule has 0 amide bonds. The lowest BCUT2D eigenvalue weighted by Gasteiger charge is -2.34. The third-order valence-electron chi connectivity index (χ3n) is 6.02. The van der Waals surface area contributed by atoms with Crippen molar-refractivity contribution in [2.24, 2.45) is 11.8 Å². The monoisotopic (exact) mass is 264 g/mol. The first kappa shape index (κ1) is 13.9. The SMILES string of the molecule is C[C@@H](NC1CCCC1C1CCCN1)C1CCCCC1. The van der Waals surface area contributed by atoms with E-state index in [-0.39, 0.29) is 0 Å². The molecule has 19 heavy (non-hydrogen) atoms. The molecular weight excluding hydrogens is 232 g/mol. The lowest BCUT2D eigenvalue weighted by atomic mass is 9.83. The Morgan fingerprint density at radius 1 is 0.895 bits per heavy atom. The highest BCUT2D eigenvalue weighted by Gasteiger charge is 2.36. The summed E-state index contributed by atoms with van der Waals surface area (Å²) in [5, 5.41) is 7.78. The van der Waals surface area contributed by atoms with Crippen molar-refractivity contribution in [3.05, 3.63) is 0 Å². The van der Waals surface area contributed by atoms with Gasteiger partial charge < -0.3 is 10.6 Å². The Labute approximate surface area is 119 Å². The lowest BCUT2D eigenvalue weighted by Crippen LogP contribution is -2.47. The summed E-state index contributed by atoms with van der Waals surface area (Å²) >= 11 is 0. The van der Waals surface area contributed by atoms with E-state index in [1.165, 1.54) is 70.8 Å². The molecule has 1 heterocycles. The maximum absolute atomic E-state index is 4.04. The zero-order valence-corrected chi connectivity index (χ0v) is 12.7. The van der Waals surface area contributed by atoms with Crippen LogP contribution in [0, 0.1) is 11.8 Å². The van der Waals surface area contributed by atoms with Gasteiger partial charge in [0.15, 0.2) is 0 Å².